The van der Waals surface area contributed by atoms with Gasteiger partial charge in [0.1, 0.15) is 5.52 Å². The van der Waals surface area contributed by atoms with Crippen LogP contribution in [0.15, 0.2) is 65.1 Å². The highest BCUT2D eigenvalue weighted by Crippen LogP contribution is 2.27. The van der Waals surface area contributed by atoms with E-state index in [4.69, 9.17) is 4.42 Å². The van der Waals surface area contributed by atoms with Gasteiger partial charge >= 0.3 is 0 Å². The molecule has 4 aromatic rings. The molecule has 1 aromatic heterocycles. The Kier molecular flexibility index (Phi) is 4.24. The SMILES string of the molecule is Cc1ccc(C(=O)Nc2cccc(-c3nc4ccc(C)cc4o3)c2)c(C)c1. The Bertz CT molecular complexity index is 1160. The van der Waals surface area contributed by atoms with Crippen LogP contribution in [0.5, 0.6) is 0 Å². The second kappa shape index (κ2) is 6.72. The zero-order chi connectivity index (χ0) is 19.0. The zero-order valence-corrected chi connectivity index (χ0v) is 15.5. The Morgan fingerprint density at radius 1 is 0.926 bits per heavy atom. The van der Waals surface area contributed by atoms with Crippen LogP contribution in [0.25, 0.3) is 22.6 Å². The maximum atomic E-state index is 12.6. The van der Waals surface area contributed by atoms with E-state index in [9.17, 15) is 4.79 Å². The molecule has 0 spiro atoms. The number of aryl methyl sites for hydroxylation is 3. The molecule has 0 bridgehead atoms. The van der Waals surface area contributed by atoms with Gasteiger partial charge in [0.25, 0.3) is 5.91 Å². The fourth-order valence-corrected chi connectivity index (χ4v) is 3.15. The van der Waals surface area contributed by atoms with Crippen LogP contribution in [-0.4, -0.2) is 10.9 Å². The first-order chi connectivity index (χ1) is 13.0. The van der Waals surface area contributed by atoms with E-state index in [-0.39, 0.29) is 5.91 Å². The summed E-state index contributed by atoms with van der Waals surface area (Å²) in [6.07, 6.45) is 0. The van der Waals surface area contributed by atoms with Crippen LogP contribution in [0.3, 0.4) is 0 Å². The molecule has 0 radical (unpaired) electrons. The predicted octanol–water partition coefficient (Wildman–Crippen LogP) is 5.67. The van der Waals surface area contributed by atoms with Crippen molar-refractivity contribution < 1.29 is 9.21 Å². The van der Waals surface area contributed by atoms with Crippen LogP contribution in [0.4, 0.5) is 5.69 Å². The van der Waals surface area contributed by atoms with E-state index in [0.717, 1.165) is 33.4 Å². The van der Waals surface area contributed by atoms with Crippen molar-refractivity contribution in [1.82, 2.24) is 4.98 Å². The molecule has 4 rings (SSSR count). The Hall–Kier alpha value is -3.40. The van der Waals surface area contributed by atoms with Gasteiger partial charge < -0.3 is 9.73 Å². The van der Waals surface area contributed by atoms with Crippen molar-refractivity contribution in [3.63, 3.8) is 0 Å². The van der Waals surface area contributed by atoms with Gasteiger partial charge in [-0.25, -0.2) is 4.98 Å². The minimum absolute atomic E-state index is 0.127. The lowest BCUT2D eigenvalue weighted by molar-refractivity contribution is 0.102. The van der Waals surface area contributed by atoms with E-state index in [2.05, 4.69) is 10.3 Å². The molecule has 0 atom stereocenters. The number of amides is 1. The first kappa shape index (κ1) is 17.0. The third-order valence-electron chi connectivity index (χ3n) is 4.54. The van der Waals surface area contributed by atoms with Crippen LogP contribution in [0, 0.1) is 20.8 Å². The minimum Gasteiger partial charge on any atom is -0.436 e. The topological polar surface area (TPSA) is 55.1 Å². The molecular formula is C23H20N2O2. The van der Waals surface area contributed by atoms with E-state index in [1.54, 1.807) is 0 Å². The molecule has 0 unspecified atom stereocenters. The molecule has 0 aliphatic carbocycles. The van der Waals surface area contributed by atoms with Crippen LogP contribution in [0.1, 0.15) is 27.0 Å². The zero-order valence-electron chi connectivity index (χ0n) is 15.5. The number of nitrogens with zero attached hydrogens (tertiary/aromatic N) is 1. The number of aromatic nitrogens is 1. The number of hydrogen-bond acceptors (Lipinski definition) is 3. The number of oxazole rings is 1. The highest BCUT2D eigenvalue weighted by Gasteiger charge is 2.12. The van der Waals surface area contributed by atoms with Gasteiger partial charge in [-0.05, 0) is 68.3 Å². The molecule has 4 heteroatoms. The molecule has 0 fully saturated rings. The van der Waals surface area contributed by atoms with Crippen LogP contribution in [0.2, 0.25) is 0 Å². The van der Waals surface area contributed by atoms with E-state index < -0.39 is 0 Å². The lowest BCUT2D eigenvalue weighted by Crippen LogP contribution is -2.13. The third-order valence-corrected chi connectivity index (χ3v) is 4.54. The van der Waals surface area contributed by atoms with E-state index in [1.165, 1.54) is 0 Å². The van der Waals surface area contributed by atoms with Crippen molar-refractivity contribution in [2.24, 2.45) is 0 Å². The van der Waals surface area contributed by atoms with Gasteiger partial charge in [-0.15, -0.1) is 0 Å². The van der Waals surface area contributed by atoms with Crippen molar-refractivity contribution in [2.75, 3.05) is 5.32 Å². The number of carbonyl (C=O) groups is 1. The highest BCUT2D eigenvalue weighted by molar-refractivity contribution is 6.05. The van der Waals surface area contributed by atoms with Crippen LogP contribution >= 0.6 is 0 Å². The summed E-state index contributed by atoms with van der Waals surface area (Å²) in [7, 11) is 0. The maximum absolute atomic E-state index is 12.6. The summed E-state index contributed by atoms with van der Waals surface area (Å²) in [5.41, 5.74) is 6.99. The lowest BCUT2D eigenvalue weighted by atomic mass is 10.1. The summed E-state index contributed by atoms with van der Waals surface area (Å²) in [5, 5.41) is 2.96. The molecule has 4 nitrogen and oxygen atoms in total. The molecule has 3 aromatic carbocycles. The smallest absolute Gasteiger partial charge is 0.255 e. The number of benzene rings is 3. The summed E-state index contributed by atoms with van der Waals surface area (Å²) in [5.74, 6) is 0.413. The van der Waals surface area contributed by atoms with Gasteiger partial charge in [0.2, 0.25) is 5.89 Å². The monoisotopic (exact) mass is 356 g/mol. The standard InChI is InChI=1S/C23H20N2O2/c1-14-7-9-19(16(3)11-14)22(26)24-18-6-4-5-17(13-18)23-25-20-10-8-15(2)12-21(20)27-23/h4-13H,1-3H3,(H,24,26). The Morgan fingerprint density at radius 3 is 2.52 bits per heavy atom. The van der Waals surface area contributed by atoms with Gasteiger partial charge in [0, 0.05) is 16.8 Å². The van der Waals surface area contributed by atoms with Crippen LogP contribution < -0.4 is 5.32 Å². The number of hydrogen-bond donors (Lipinski definition) is 1. The third kappa shape index (κ3) is 3.47. The van der Waals surface area contributed by atoms with Gasteiger partial charge in [0.15, 0.2) is 5.58 Å². The second-order valence-electron chi connectivity index (χ2n) is 6.84. The molecule has 0 aliphatic rings. The number of rotatable bonds is 3. The molecule has 0 saturated heterocycles. The number of anilines is 1. The largest absolute Gasteiger partial charge is 0.436 e. The van der Waals surface area contributed by atoms with E-state index in [0.29, 0.717) is 17.1 Å². The Balaban J connectivity index is 1.62. The quantitative estimate of drug-likeness (QED) is 0.514. The van der Waals surface area contributed by atoms with Crippen molar-refractivity contribution in [3.8, 4) is 11.5 Å². The molecule has 1 amide bonds. The molecule has 0 saturated carbocycles. The van der Waals surface area contributed by atoms with Gasteiger partial charge in [-0.1, -0.05) is 29.8 Å². The number of fused-ring (bicyclic) bond motifs is 1. The fourth-order valence-electron chi connectivity index (χ4n) is 3.15. The first-order valence-corrected chi connectivity index (χ1v) is 8.86. The molecule has 134 valence electrons. The van der Waals surface area contributed by atoms with Crippen LogP contribution in [-0.2, 0) is 0 Å². The highest BCUT2D eigenvalue weighted by atomic mass is 16.3. The molecule has 1 N–H and O–H groups in total. The number of nitrogens with one attached hydrogen (secondary N) is 1. The molecule has 1 heterocycles. The lowest BCUT2D eigenvalue weighted by Gasteiger charge is -2.09. The summed E-state index contributed by atoms with van der Waals surface area (Å²) in [6, 6.07) is 19.3. The minimum atomic E-state index is -0.127. The van der Waals surface area contributed by atoms with E-state index >= 15 is 0 Å². The second-order valence-corrected chi connectivity index (χ2v) is 6.84. The maximum Gasteiger partial charge on any atom is 0.255 e. The number of carbonyl (C=O) groups excluding carboxylic acids is 1. The van der Waals surface area contributed by atoms with Gasteiger partial charge in [-0.2, -0.15) is 0 Å². The van der Waals surface area contributed by atoms with Gasteiger partial charge in [0.05, 0.1) is 0 Å². The average Bonchev–Trinajstić information content (AvgIpc) is 3.05. The van der Waals surface area contributed by atoms with Crippen molar-refractivity contribution in [3.05, 3.63) is 82.9 Å². The van der Waals surface area contributed by atoms with Crippen molar-refractivity contribution in [1.29, 1.82) is 0 Å². The Morgan fingerprint density at radius 2 is 1.70 bits per heavy atom. The summed E-state index contributed by atoms with van der Waals surface area (Å²) in [6.45, 7) is 5.98. The Labute approximate surface area is 157 Å². The molecule has 0 aliphatic heterocycles. The summed E-state index contributed by atoms with van der Waals surface area (Å²) < 4.78 is 5.89. The van der Waals surface area contributed by atoms with Crippen molar-refractivity contribution in [2.45, 2.75) is 20.8 Å². The molecule has 27 heavy (non-hydrogen) atoms. The fraction of sp³-hybridized carbons (Fsp3) is 0.130. The summed E-state index contributed by atoms with van der Waals surface area (Å²) >= 11 is 0. The summed E-state index contributed by atoms with van der Waals surface area (Å²) in [4.78, 5) is 17.2. The molecular weight excluding hydrogens is 336 g/mol. The normalized spacial score (nSPS) is 10.9. The van der Waals surface area contributed by atoms with Gasteiger partial charge in [-0.3, -0.25) is 4.79 Å². The van der Waals surface area contributed by atoms with Crippen molar-refractivity contribution >= 4 is 22.7 Å². The average molecular weight is 356 g/mol. The first-order valence-electron chi connectivity index (χ1n) is 8.86. The van der Waals surface area contributed by atoms with E-state index in [1.807, 2.05) is 81.4 Å². The predicted molar refractivity (Wildman–Crippen MR) is 108 cm³/mol.